The van der Waals surface area contributed by atoms with Crippen LogP contribution in [-0.4, -0.2) is 23.1 Å². The maximum Gasteiger partial charge on any atom is 0.240 e. The highest BCUT2D eigenvalue weighted by Gasteiger charge is 2.10. The highest BCUT2D eigenvalue weighted by molar-refractivity contribution is 5.85. The predicted molar refractivity (Wildman–Crippen MR) is 87.2 cm³/mol. The Morgan fingerprint density at radius 3 is 2.81 bits per heavy atom. The van der Waals surface area contributed by atoms with Crippen LogP contribution in [0.1, 0.15) is 32.8 Å². The molecule has 1 aromatic carbocycles. The second kappa shape index (κ2) is 7.27. The van der Waals surface area contributed by atoms with E-state index in [1.807, 2.05) is 17.7 Å². The Kier molecular flexibility index (Phi) is 5.39. The second-order valence-electron chi connectivity index (χ2n) is 5.46. The molecule has 4 nitrogen and oxygen atoms in total. The number of carbonyl (C=O) groups is 1. The number of carbonyl (C=O) groups excluding carboxylic acids is 1. The summed E-state index contributed by atoms with van der Waals surface area (Å²) in [5.74, 6) is 0.0695. The van der Waals surface area contributed by atoms with Crippen molar-refractivity contribution >= 4 is 16.8 Å². The second-order valence-corrected chi connectivity index (χ2v) is 5.46. The van der Waals surface area contributed by atoms with Crippen LogP contribution in [0.3, 0.4) is 0 Å². The lowest BCUT2D eigenvalue weighted by Crippen LogP contribution is -2.34. The molecule has 0 aliphatic rings. The highest BCUT2D eigenvalue weighted by atomic mass is 16.2. The molecule has 1 atom stereocenters. The number of rotatable bonds is 7. The van der Waals surface area contributed by atoms with Gasteiger partial charge in [0, 0.05) is 18.8 Å². The first kappa shape index (κ1) is 15.6. The van der Waals surface area contributed by atoms with Crippen LogP contribution in [0.2, 0.25) is 0 Å². The number of fused-ring (bicyclic) bond motifs is 1. The molecule has 1 unspecified atom stereocenters. The number of nitrogens with zero attached hydrogens (tertiary/aromatic N) is 1. The van der Waals surface area contributed by atoms with E-state index in [-0.39, 0.29) is 11.9 Å². The zero-order chi connectivity index (χ0) is 15.2. The fourth-order valence-electron chi connectivity index (χ4n) is 2.45. The molecule has 2 rings (SSSR count). The first-order chi connectivity index (χ1) is 10.2. The van der Waals surface area contributed by atoms with Crippen molar-refractivity contribution in [3.63, 3.8) is 0 Å². The summed E-state index contributed by atoms with van der Waals surface area (Å²) in [7, 11) is 0. The fourth-order valence-corrected chi connectivity index (χ4v) is 2.45. The van der Waals surface area contributed by atoms with Crippen LogP contribution < -0.4 is 10.6 Å². The third-order valence-corrected chi connectivity index (χ3v) is 3.77. The van der Waals surface area contributed by atoms with Gasteiger partial charge in [0.2, 0.25) is 5.91 Å². The van der Waals surface area contributed by atoms with E-state index >= 15 is 0 Å². The highest BCUT2D eigenvalue weighted by Crippen LogP contribution is 2.20. The molecule has 0 aliphatic heterocycles. The van der Waals surface area contributed by atoms with E-state index in [0.29, 0.717) is 6.54 Å². The molecule has 1 aromatic heterocycles. The standard InChI is InChI=1S/C17H25N3O/c1-4-13(3)19-16(21)12-20-10-9-14-7-6-8-15(17(14)20)11-18-5-2/h6-10,13,18H,4-5,11-12H2,1-3H3,(H,19,21). The van der Waals surface area contributed by atoms with Crippen LogP contribution in [0.5, 0.6) is 0 Å². The number of hydrogen-bond donors (Lipinski definition) is 2. The van der Waals surface area contributed by atoms with E-state index in [2.05, 4.69) is 48.7 Å². The van der Waals surface area contributed by atoms with Crippen molar-refractivity contribution in [3.05, 3.63) is 36.0 Å². The predicted octanol–water partition coefficient (Wildman–Crippen LogP) is 2.67. The summed E-state index contributed by atoms with van der Waals surface area (Å²) < 4.78 is 2.04. The average molecular weight is 287 g/mol. The van der Waals surface area contributed by atoms with E-state index in [1.54, 1.807) is 0 Å². The van der Waals surface area contributed by atoms with Gasteiger partial charge in [0.25, 0.3) is 0 Å². The SMILES string of the molecule is CCNCc1cccc2ccn(CC(=O)NC(C)CC)c12. The minimum Gasteiger partial charge on any atom is -0.352 e. The monoisotopic (exact) mass is 287 g/mol. The van der Waals surface area contributed by atoms with Crippen molar-refractivity contribution < 1.29 is 4.79 Å². The number of nitrogens with one attached hydrogen (secondary N) is 2. The quantitative estimate of drug-likeness (QED) is 0.822. The molecule has 114 valence electrons. The molecule has 1 heterocycles. The Hall–Kier alpha value is -1.81. The maximum absolute atomic E-state index is 12.1. The Bertz CT molecular complexity index is 603. The third-order valence-electron chi connectivity index (χ3n) is 3.77. The molecule has 2 N–H and O–H groups in total. The molecular weight excluding hydrogens is 262 g/mol. The minimum absolute atomic E-state index is 0.0695. The molecule has 0 spiro atoms. The fraction of sp³-hybridized carbons (Fsp3) is 0.471. The molecule has 0 bridgehead atoms. The van der Waals surface area contributed by atoms with E-state index in [4.69, 9.17) is 0 Å². The molecular formula is C17H25N3O. The molecule has 0 aliphatic carbocycles. The molecule has 2 aromatic rings. The maximum atomic E-state index is 12.1. The first-order valence-electron chi connectivity index (χ1n) is 7.72. The lowest BCUT2D eigenvalue weighted by atomic mass is 10.1. The average Bonchev–Trinajstić information content (AvgIpc) is 2.88. The molecule has 0 saturated heterocycles. The van der Waals surface area contributed by atoms with Crippen molar-refractivity contribution in [2.75, 3.05) is 6.54 Å². The van der Waals surface area contributed by atoms with Gasteiger partial charge in [0.15, 0.2) is 0 Å². The third kappa shape index (κ3) is 3.85. The molecule has 4 heteroatoms. The lowest BCUT2D eigenvalue weighted by Gasteiger charge is -2.13. The van der Waals surface area contributed by atoms with E-state index in [1.165, 1.54) is 10.9 Å². The van der Waals surface area contributed by atoms with Gasteiger partial charge in [0.1, 0.15) is 6.54 Å². The Labute approximate surface area is 126 Å². The number of para-hydroxylation sites is 1. The Morgan fingerprint density at radius 1 is 1.29 bits per heavy atom. The number of benzene rings is 1. The van der Waals surface area contributed by atoms with Gasteiger partial charge in [-0.25, -0.2) is 0 Å². The first-order valence-corrected chi connectivity index (χ1v) is 7.72. The van der Waals surface area contributed by atoms with Crippen LogP contribution >= 0.6 is 0 Å². The van der Waals surface area contributed by atoms with Gasteiger partial charge in [-0.1, -0.05) is 32.0 Å². The molecule has 21 heavy (non-hydrogen) atoms. The smallest absolute Gasteiger partial charge is 0.240 e. The number of amides is 1. The number of hydrogen-bond acceptors (Lipinski definition) is 2. The zero-order valence-electron chi connectivity index (χ0n) is 13.1. The Balaban J connectivity index is 2.21. The summed E-state index contributed by atoms with van der Waals surface area (Å²) in [4.78, 5) is 12.1. The minimum atomic E-state index is 0.0695. The molecule has 0 fully saturated rings. The van der Waals surface area contributed by atoms with Crippen molar-refractivity contribution in [1.29, 1.82) is 0 Å². The van der Waals surface area contributed by atoms with Crippen LogP contribution in [0.15, 0.2) is 30.5 Å². The van der Waals surface area contributed by atoms with Crippen LogP contribution in [0, 0.1) is 0 Å². The van der Waals surface area contributed by atoms with Crippen LogP contribution in [0.25, 0.3) is 10.9 Å². The topological polar surface area (TPSA) is 46.1 Å². The normalized spacial score (nSPS) is 12.5. The largest absolute Gasteiger partial charge is 0.352 e. The molecule has 0 radical (unpaired) electrons. The van der Waals surface area contributed by atoms with Gasteiger partial charge in [0.05, 0.1) is 5.52 Å². The van der Waals surface area contributed by atoms with Gasteiger partial charge in [-0.3, -0.25) is 4.79 Å². The van der Waals surface area contributed by atoms with Crippen LogP contribution in [0.4, 0.5) is 0 Å². The number of aromatic nitrogens is 1. The summed E-state index contributed by atoms with van der Waals surface area (Å²) in [6.45, 7) is 8.33. The van der Waals surface area contributed by atoms with Crippen molar-refractivity contribution in [2.24, 2.45) is 0 Å². The van der Waals surface area contributed by atoms with E-state index in [0.717, 1.165) is 25.0 Å². The van der Waals surface area contributed by atoms with Gasteiger partial charge in [-0.2, -0.15) is 0 Å². The van der Waals surface area contributed by atoms with Crippen molar-refractivity contribution in [2.45, 2.75) is 46.3 Å². The summed E-state index contributed by atoms with van der Waals surface area (Å²) in [6.07, 6.45) is 2.94. The molecule has 0 saturated carbocycles. The van der Waals surface area contributed by atoms with Gasteiger partial charge < -0.3 is 15.2 Å². The Morgan fingerprint density at radius 2 is 2.10 bits per heavy atom. The summed E-state index contributed by atoms with van der Waals surface area (Å²) in [5.41, 5.74) is 2.38. The van der Waals surface area contributed by atoms with E-state index < -0.39 is 0 Å². The summed E-state index contributed by atoms with van der Waals surface area (Å²) in [5, 5.41) is 7.56. The van der Waals surface area contributed by atoms with Crippen molar-refractivity contribution in [3.8, 4) is 0 Å². The van der Waals surface area contributed by atoms with Gasteiger partial charge >= 0.3 is 0 Å². The van der Waals surface area contributed by atoms with Gasteiger partial charge in [-0.05, 0) is 36.9 Å². The van der Waals surface area contributed by atoms with Crippen LogP contribution in [-0.2, 0) is 17.9 Å². The molecule has 1 amide bonds. The van der Waals surface area contributed by atoms with Crippen molar-refractivity contribution in [1.82, 2.24) is 15.2 Å². The zero-order valence-corrected chi connectivity index (χ0v) is 13.1. The summed E-state index contributed by atoms with van der Waals surface area (Å²) >= 11 is 0. The van der Waals surface area contributed by atoms with Gasteiger partial charge in [-0.15, -0.1) is 0 Å². The van der Waals surface area contributed by atoms with E-state index in [9.17, 15) is 4.79 Å². The summed E-state index contributed by atoms with van der Waals surface area (Å²) in [6, 6.07) is 8.57. The lowest BCUT2D eigenvalue weighted by molar-refractivity contribution is -0.122.